The van der Waals surface area contributed by atoms with Gasteiger partial charge in [-0.05, 0) is 43.0 Å². The number of ether oxygens (including phenoxy) is 1. The minimum atomic E-state index is -1.04. The number of rotatable bonds is 7. The van der Waals surface area contributed by atoms with Crippen LogP contribution < -0.4 is 5.32 Å². The highest BCUT2D eigenvalue weighted by molar-refractivity contribution is 5.67. The monoisotopic (exact) mass is 455 g/mol. The predicted octanol–water partition coefficient (Wildman–Crippen LogP) is 3.36. The van der Waals surface area contributed by atoms with Crippen LogP contribution in [0.2, 0.25) is 0 Å². The summed E-state index contributed by atoms with van der Waals surface area (Å²) < 4.78 is 19.1. The van der Waals surface area contributed by atoms with Gasteiger partial charge in [0, 0.05) is 51.7 Å². The molecule has 33 heavy (non-hydrogen) atoms. The Balaban J connectivity index is 1.42. The van der Waals surface area contributed by atoms with Gasteiger partial charge in [0.15, 0.2) is 0 Å². The Morgan fingerprint density at radius 2 is 1.82 bits per heavy atom. The summed E-state index contributed by atoms with van der Waals surface area (Å²) in [5, 5.41) is 14.5. The van der Waals surface area contributed by atoms with Gasteiger partial charge in [0.05, 0.1) is 0 Å². The maximum atomic E-state index is 13.6. The summed E-state index contributed by atoms with van der Waals surface area (Å²) >= 11 is 0. The second-order valence-electron chi connectivity index (χ2n) is 9.22. The van der Waals surface area contributed by atoms with E-state index in [1.54, 1.807) is 12.1 Å². The van der Waals surface area contributed by atoms with Crippen molar-refractivity contribution in [2.45, 2.75) is 38.0 Å². The SMILES string of the molecule is CCNC(=O)OC1CCN(CC2CN(Cc3ccccc3)CC2(O)c2ccc(F)cc2)CC1. The zero-order valence-electron chi connectivity index (χ0n) is 19.3. The molecule has 2 fully saturated rings. The fourth-order valence-corrected chi connectivity index (χ4v) is 5.09. The lowest BCUT2D eigenvalue weighted by molar-refractivity contribution is -0.0145. The van der Waals surface area contributed by atoms with Crippen molar-refractivity contribution in [1.29, 1.82) is 0 Å². The molecule has 0 spiro atoms. The van der Waals surface area contributed by atoms with Gasteiger partial charge in [0.1, 0.15) is 17.5 Å². The number of nitrogens with zero attached hydrogens (tertiary/aromatic N) is 2. The zero-order chi connectivity index (χ0) is 23.3. The third-order valence-corrected chi connectivity index (χ3v) is 6.82. The lowest BCUT2D eigenvalue weighted by Gasteiger charge is -2.37. The smallest absolute Gasteiger partial charge is 0.407 e. The molecule has 0 radical (unpaired) electrons. The second kappa shape index (κ2) is 10.6. The van der Waals surface area contributed by atoms with Crippen LogP contribution in [0.5, 0.6) is 0 Å². The van der Waals surface area contributed by atoms with Crippen molar-refractivity contribution in [2.24, 2.45) is 5.92 Å². The average molecular weight is 456 g/mol. The van der Waals surface area contributed by atoms with Gasteiger partial charge in [0.25, 0.3) is 0 Å². The van der Waals surface area contributed by atoms with E-state index in [2.05, 4.69) is 27.2 Å². The minimum Gasteiger partial charge on any atom is -0.446 e. The van der Waals surface area contributed by atoms with Crippen LogP contribution in [-0.4, -0.2) is 66.4 Å². The summed E-state index contributed by atoms with van der Waals surface area (Å²) in [6, 6.07) is 16.5. The van der Waals surface area contributed by atoms with E-state index in [0.717, 1.165) is 51.1 Å². The molecule has 2 N–H and O–H groups in total. The second-order valence-corrected chi connectivity index (χ2v) is 9.22. The maximum Gasteiger partial charge on any atom is 0.407 e. The molecule has 2 aliphatic rings. The van der Waals surface area contributed by atoms with Crippen LogP contribution in [0.4, 0.5) is 9.18 Å². The van der Waals surface area contributed by atoms with Gasteiger partial charge in [-0.2, -0.15) is 0 Å². The predicted molar refractivity (Wildman–Crippen MR) is 125 cm³/mol. The minimum absolute atomic E-state index is 0.00691. The van der Waals surface area contributed by atoms with E-state index in [1.165, 1.54) is 17.7 Å². The third-order valence-electron chi connectivity index (χ3n) is 6.82. The number of alkyl carbamates (subject to hydrolysis) is 1. The normalized spacial score (nSPS) is 24.6. The van der Waals surface area contributed by atoms with Crippen LogP contribution in [0.1, 0.15) is 30.9 Å². The number of carbonyl (C=O) groups is 1. The van der Waals surface area contributed by atoms with E-state index in [4.69, 9.17) is 4.74 Å². The number of hydrogen-bond acceptors (Lipinski definition) is 5. The van der Waals surface area contributed by atoms with Crippen LogP contribution >= 0.6 is 0 Å². The summed E-state index contributed by atoms with van der Waals surface area (Å²) in [6.45, 7) is 6.84. The molecule has 2 saturated heterocycles. The Hall–Kier alpha value is -2.48. The van der Waals surface area contributed by atoms with Crippen molar-refractivity contribution >= 4 is 6.09 Å². The van der Waals surface area contributed by atoms with Crippen LogP contribution in [0.25, 0.3) is 0 Å². The van der Waals surface area contributed by atoms with Crippen LogP contribution in [-0.2, 0) is 16.9 Å². The fourth-order valence-electron chi connectivity index (χ4n) is 5.09. The molecule has 0 bridgehead atoms. The van der Waals surface area contributed by atoms with Crippen molar-refractivity contribution in [3.8, 4) is 0 Å². The molecule has 4 rings (SSSR count). The molecule has 6 nitrogen and oxygen atoms in total. The number of piperidine rings is 1. The molecular formula is C26H34FN3O3. The van der Waals surface area contributed by atoms with Gasteiger partial charge in [-0.15, -0.1) is 0 Å². The third kappa shape index (κ3) is 5.91. The molecule has 2 heterocycles. The fraction of sp³-hybridized carbons (Fsp3) is 0.500. The zero-order valence-corrected chi connectivity index (χ0v) is 19.3. The summed E-state index contributed by atoms with van der Waals surface area (Å²) in [5.74, 6) is -0.306. The van der Waals surface area contributed by atoms with E-state index in [-0.39, 0.29) is 23.9 Å². The molecule has 0 aromatic heterocycles. The Labute approximate surface area is 195 Å². The molecule has 2 aromatic carbocycles. The van der Waals surface area contributed by atoms with Gasteiger partial charge >= 0.3 is 6.09 Å². The van der Waals surface area contributed by atoms with Crippen LogP contribution in [0.3, 0.4) is 0 Å². The van der Waals surface area contributed by atoms with Gasteiger partial charge < -0.3 is 20.1 Å². The Kier molecular flexibility index (Phi) is 7.63. The molecule has 7 heteroatoms. The molecular weight excluding hydrogens is 421 g/mol. The first-order valence-electron chi connectivity index (χ1n) is 11.9. The number of carbonyl (C=O) groups excluding carboxylic acids is 1. The Morgan fingerprint density at radius 3 is 2.48 bits per heavy atom. The lowest BCUT2D eigenvalue weighted by atomic mass is 9.83. The molecule has 0 aliphatic carbocycles. The topological polar surface area (TPSA) is 65.0 Å². The maximum absolute atomic E-state index is 13.6. The number of hydrogen-bond donors (Lipinski definition) is 2. The first kappa shape index (κ1) is 23.7. The number of amides is 1. The van der Waals surface area contributed by atoms with Crippen molar-refractivity contribution < 1.29 is 19.0 Å². The summed E-state index contributed by atoms with van der Waals surface area (Å²) in [5.41, 5.74) is 0.929. The van der Waals surface area contributed by atoms with E-state index < -0.39 is 5.60 Å². The largest absolute Gasteiger partial charge is 0.446 e. The van der Waals surface area contributed by atoms with E-state index in [0.29, 0.717) is 13.1 Å². The number of β-amino-alcohol motifs (C(OH)–C–C–N with tert-alkyl or cyclic N) is 1. The average Bonchev–Trinajstić information content (AvgIpc) is 3.12. The van der Waals surface area contributed by atoms with Crippen molar-refractivity contribution in [1.82, 2.24) is 15.1 Å². The molecule has 2 atom stereocenters. The molecule has 0 saturated carbocycles. The van der Waals surface area contributed by atoms with Crippen molar-refractivity contribution in [3.05, 3.63) is 71.5 Å². The summed E-state index contributed by atoms with van der Waals surface area (Å²) in [7, 11) is 0. The van der Waals surface area contributed by atoms with Crippen LogP contribution in [0.15, 0.2) is 54.6 Å². The Morgan fingerprint density at radius 1 is 1.12 bits per heavy atom. The first-order valence-corrected chi connectivity index (χ1v) is 11.9. The molecule has 2 aliphatic heterocycles. The number of benzene rings is 2. The molecule has 178 valence electrons. The summed E-state index contributed by atoms with van der Waals surface area (Å²) in [6.07, 6.45) is 1.15. The van der Waals surface area contributed by atoms with Gasteiger partial charge in [0.2, 0.25) is 0 Å². The van der Waals surface area contributed by atoms with Crippen molar-refractivity contribution in [2.75, 3.05) is 39.3 Å². The quantitative estimate of drug-likeness (QED) is 0.670. The first-order chi connectivity index (χ1) is 16.0. The number of nitrogens with one attached hydrogen (secondary N) is 1. The van der Waals surface area contributed by atoms with Gasteiger partial charge in [-0.25, -0.2) is 9.18 Å². The summed E-state index contributed by atoms with van der Waals surface area (Å²) in [4.78, 5) is 16.3. The van der Waals surface area contributed by atoms with Crippen molar-refractivity contribution in [3.63, 3.8) is 0 Å². The standard InChI is InChI=1S/C26H34FN3O3/c1-2-28-25(31)33-24-12-14-29(15-13-24)17-22-18-30(16-20-6-4-3-5-7-20)19-26(22,32)21-8-10-23(27)11-9-21/h3-11,22,24,32H,2,12-19H2,1H3,(H,28,31). The number of halogens is 1. The van der Waals surface area contributed by atoms with E-state index in [9.17, 15) is 14.3 Å². The lowest BCUT2D eigenvalue weighted by Crippen LogP contribution is -2.46. The molecule has 2 unspecified atom stereocenters. The van der Waals surface area contributed by atoms with E-state index in [1.807, 2.05) is 25.1 Å². The highest BCUT2D eigenvalue weighted by Gasteiger charge is 2.47. The van der Waals surface area contributed by atoms with Gasteiger partial charge in [-0.1, -0.05) is 42.5 Å². The molecule has 2 aromatic rings. The van der Waals surface area contributed by atoms with Crippen LogP contribution in [0, 0.1) is 11.7 Å². The number of aliphatic hydroxyl groups is 1. The number of likely N-dealkylation sites (tertiary alicyclic amines) is 2. The van der Waals surface area contributed by atoms with E-state index >= 15 is 0 Å². The van der Waals surface area contributed by atoms with Gasteiger partial charge in [-0.3, -0.25) is 4.90 Å². The highest BCUT2D eigenvalue weighted by Crippen LogP contribution is 2.38. The molecule has 1 amide bonds. The Bertz CT molecular complexity index is 903. The highest BCUT2D eigenvalue weighted by atomic mass is 19.1.